The van der Waals surface area contributed by atoms with Crippen LogP contribution < -0.4 is 0 Å². The summed E-state index contributed by atoms with van der Waals surface area (Å²) in [6, 6.07) is 0.527. The fraction of sp³-hybridized carbons (Fsp3) is 0.900. The Morgan fingerprint density at radius 1 is 1.50 bits per heavy atom. The van der Waals surface area contributed by atoms with Crippen LogP contribution in [0.4, 0.5) is 0 Å². The van der Waals surface area contributed by atoms with Crippen molar-refractivity contribution in [3.05, 3.63) is 0 Å². The van der Waals surface area contributed by atoms with Gasteiger partial charge in [-0.15, -0.1) is 0 Å². The summed E-state index contributed by atoms with van der Waals surface area (Å²) in [4.78, 5) is 13.6. The van der Waals surface area contributed by atoms with E-state index in [1.165, 1.54) is 0 Å². The van der Waals surface area contributed by atoms with Gasteiger partial charge in [-0.25, -0.2) is 0 Å². The minimum atomic E-state index is -0.209. The van der Waals surface area contributed by atoms with Crippen LogP contribution in [0.25, 0.3) is 0 Å². The van der Waals surface area contributed by atoms with Gasteiger partial charge in [0.2, 0.25) is 0 Å². The summed E-state index contributed by atoms with van der Waals surface area (Å²) in [7, 11) is 2.05. The van der Waals surface area contributed by atoms with Gasteiger partial charge in [-0.3, -0.25) is 9.69 Å². The second-order valence-corrected chi connectivity index (χ2v) is 4.36. The van der Waals surface area contributed by atoms with E-state index in [9.17, 15) is 4.79 Å². The zero-order valence-electron chi connectivity index (χ0n) is 8.72. The Labute approximate surface area is 74.9 Å². The zero-order valence-corrected chi connectivity index (χ0v) is 8.72. The van der Waals surface area contributed by atoms with Gasteiger partial charge in [0.15, 0.2) is 0 Å². The molecule has 0 aromatic rings. The number of nitrogens with zero attached hydrogens (tertiary/aromatic N) is 1. The Bertz CT molecular complexity index is 202. The van der Waals surface area contributed by atoms with Gasteiger partial charge in [-0.1, -0.05) is 6.92 Å². The highest BCUT2D eigenvalue weighted by Gasteiger charge is 2.45. The smallest absolute Gasteiger partial charge is 0.149 e. The van der Waals surface area contributed by atoms with Crippen molar-refractivity contribution in [1.29, 1.82) is 0 Å². The van der Waals surface area contributed by atoms with Gasteiger partial charge in [-0.2, -0.15) is 0 Å². The first kappa shape index (κ1) is 9.72. The lowest BCUT2D eigenvalue weighted by Crippen LogP contribution is -2.46. The Morgan fingerprint density at radius 2 is 2.00 bits per heavy atom. The van der Waals surface area contributed by atoms with E-state index in [1.54, 1.807) is 6.92 Å². The van der Waals surface area contributed by atoms with Crippen molar-refractivity contribution in [2.24, 2.45) is 5.92 Å². The Hall–Kier alpha value is -0.370. The van der Waals surface area contributed by atoms with Crippen LogP contribution in [0.1, 0.15) is 34.1 Å². The van der Waals surface area contributed by atoms with Crippen molar-refractivity contribution < 1.29 is 4.79 Å². The first-order chi connectivity index (χ1) is 5.39. The number of likely N-dealkylation sites (N-methyl/N-ethyl adjacent to an activating group) is 1. The molecule has 2 nitrogen and oxygen atoms in total. The van der Waals surface area contributed by atoms with Crippen molar-refractivity contribution in [3.63, 3.8) is 0 Å². The first-order valence-corrected chi connectivity index (χ1v) is 4.63. The molecule has 70 valence electrons. The molecule has 0 aromatic heterocycles. The van der Waals surface area contributed by atoms with Crippen molar-refractivity contribution in [1.82, 2.24) is 4.90 Å². The maximum atomic E-state index is 11.4. The van der Waals surface area contributed by atoms with E-state index in [1.807, 2.05) is 0 Å². The number of likely N-dealkylation sites (tertiary alicyclic amines) is 1. The van der Waals surface area contributed by atoms with Gasteiger partial charge in [0.25, 0.3) is 0 Å². The van der Waals surface area contributed by atoms with Crippen LogP contribution in [0.2, 0.25) is 0 Å². The van der Waals surface area contributed by atoms with E-state index >= 15 is 0 Å². The molecule has 12 heavy (non-hydrogen) atoms. The van der Waals surface area contributed by atoms with E-state index in [4.69, 9.17) is 0 Å². The lowest BCUT2D eigenvalue weighted by molar-refractivity contribution is -0.126. The molecule has 0 aliphatic carbocycles. The van der Waals surface area contributed by atoms with E-state index in [0.717, 1.165) is 6.42 Å². The summed E-state index contributed by atoms with van der Waals surface area (Å²) in [5.41, 5.74) is -0.209. The largest absolute Gasteiger partial charge is 0.298 e. The average molecular weight is 169 g/mol. The molecule has 0 bridgehead atoms. The topological polar surface area (TPSA) is 20.3 Å². The maximum absolute atomic E-state index is 11.4. The predicted molar refractivity (Wildman–Crippen MR) is 50.1 cm³/mol. The minimum absolute atomic E-state index is 0.209. The molecule has 0 radical (unpaired) electrons. The molecule has 3 atom stereocenters. The van der Waals surface area contributed by atoms with Crippen LogP contribution in [-0.2, 0) is 4.79 Å². The third kappa shape index (κ3) is 1.18. The number of ketones is 1. The lowest BCUT2D eigenvalue weighted by atomic mass is 9.91. The molecule has 1 fully saturated rings. The van der Waals surface area contributed by atoms with Gasteiger partial charge in [0, 0.05) is 6.04 Å². The van der Waals surface area contributed by atoms with E-state index < -0.39 is 0 Å². The van der Waals surface area contributed by atoms with E-state index in [2.05, 4.69) is 32.7 Å². The van der Waals surface area contributed by atoms with Crippen molar-refractivity contribution in [2.75, 3.05) is 7.05 Å². The summed E-state index contributed by atoms with van der Waals surface area (Å²) in [6.07, 6.45) is 1.00. The molecule has 1 aliphatic rings. The molecule has 1 saturated heterocycles. The fourth-order valence-corrected chi connectivity index (χ4v) is 2.16. The number of Topliss-reactive ketones (excluding diaryl/α,β-unsaturated/α-hetero) is 1. The van der Waals surface area contributed by atoms with Gasteiger partial charge in [-0.05, 0) is 40.2 Å². The van der Waals surface area contributed by atoms with Gasteiger partial charge >= 0.3 is 0 Å². The number of hydrogen-bond donors (Lipinski definition) is 0. The molecule has 0 spiro atoms. The monoisotopic (exact) mass is 169 g/mol. The minimum Gasteiger partial charge on any atom is -0.298 e. The Balaban J connectivity index is 2.89. The lowest BCUT2D eigenvalue weighted by Gasteiger charge is -2.31. The third-order valence-electron chi connectivity index (χ3n) is 3.69. The molecule has 0 aromatic carbocycles. The molecule has 1 rings (SSSR count). The third-order valence-corrected chi connectivity index (χ3v) is 3.69. The van der Waals surface area contributed by atoms with Crippen LogP contribution in [0.15, 0.2) is 0 Å². The van der Waals surface area contributed by atoms with E-state index in [-0.39, 0.29) is 5.54 Å². The van der Waals surface area contributed by atoms with Gasteiger partial charge < -0.3 is 0 Å². The molecule has 1 heterocycles. The SMILES string of the molecule is CC(=O)[C@]1(C)C[C@H](C)[C@H](C)N1C. The first-order valence-electron chi connectivity index (χ1n) is 4.63. The average Bonchev–Trinajstić information content (AvgIpc) is 2.17. The highest BCUT2D eigenvalue weighted by atomic mass is 16.1. The number of rotatable bonds is 1. The Kier molecular flexibility index (Phi) is 2.30. The maximum Gasteiger partial charge on any atom is 0.149 e. The van der Waals surface area contributed by atoms with Gasteiger partial charge in [0.05, 0.1) is 5.54 Å². The van der Waals surface area contributed by atoms with Gasteiger partial charge in [0.1, 0.15) is 5.78 Å². The molecular weight excluding hydrogens is 150 g/mol. The van der Waals surface area contributed by atoms with Crippen molar-refractivity contribution >= 4 is 5.78 Å². The summed E-state index contributed by atoms with van der Waals surface area (Å²) < 4.78 is 0. The van der Waals surface area contributed by atoms with Crippen LogP contribution in [-0.4, -0.2) is 29.3 Å². The number of hydrogen-bond acceptors (Lipinski definition) is 2. The quantitative estimate of drug-likeness (QED) is 0.595. The molecule has 0 N–H and O–H groups in total. The van der Waals surface area contributed by atoms with Crippen LogP contribution in [0.3, 0.4) is 0 Å². The van der Waals surface area contributed by atoms with Crippen LogP contribution >= 0.6 is 0 Å². The highest BCUT2D eigenvalue weighted by Crippen LogP contribution is 2.36. The van der Waals surface area contributed by atoms with Crippen LogP contribution in [0.5, 0.6) is 0 Å². The summed E-state index contributed by atoms with van der Waals surface area (Å²) in [5, 5.41) is 0. The molecule has 0 unspecified atom stereocenters. The number of carbonyl (C=O) groups excluding carboxylic acids is 1. The second kappa shape index (κ2) is 2.84. The normalized spacial score (nSPS) is 43.4. The molecule has 1 aliphatic heterocycles. The zero-order chi connectivity index (χ0) is 9.52. The standard InChI is InChI=1S/C10H19NO/c1-7-6-10(4,9(3)12)11(5)8(7)2/h7-8H,6H2,1-5H3/t7-,8-,10-/m0/s1. The van der Waals surface area contributed by atoms with Crippen molar-refractivity contribution in [3.8, 4) is 0 Å². The molecule has 2 heteroatoms. The molecule has 0 saturated carbocycles. The summed E-state index contributed by atoms with van der Waals surface area (Å²) >= 11 is 0. The fourth-order valence-electron chi connectivity index (χ4n) is 2.16. The number of carbonyl (C=O) groups is 1. The van der Waals surface area contributed by atoms with E-state index in [0.29, 0.717) is 17.7 Å². The summed E-state index contributed by atoms with van der Waals surface area (Å²) in [5.74, 6) is 0.921. The molecular formula is C10H19NO. The summed E-state index contributed by atoms with van der Waals surface area (Å²) in [6.45, 7) is 8.16. The molecule has 0 amide bonds. The van der Waals surface area contributed by atoms with Crippen LogP contribution in [0, 0.1) is 5.92 Å². The van der Waals surface area contributed by atoms with Crippen molar-refractivity contribution in [2.45, 2.75) is 45.7 Å². The predicted octanol–water partition coefficient (Wildman–Crippen LogP) is 1.69. The second-order valence-electron chi connectivity index (χ2n) is 4.36. The highest BCUT2D eigenvalue weighted by molar-refractivity contribution is 5.86. The Morgan fingerprint density at radius 3 is 2.17 bits per heavy atom.